The van der Waals surface area contributed by atoms with Crippen molar-refractivity contribution in [2.45, 2.75) is 18.6 Å². The largest absolute Gasteiger partial charge is 0.468 e. The van der Waals surface area contributed by atoms with Gasteiger partial charge in [0.15, 0.2) is 5.92 Å². The van der Waals surface area contributed by atoms with Crippen LogP contribution in [0.4, 0.5) is 18.9 Å². The van der Waals surface area contributed by atoms with E-state index < -0.39 is 35.6 Å². The molecular formula is C20H20F3NO4. The SMILES string of the molecule is COC(=O)C(C[C@H](Nc1ccccc1)c1cccc(C(F)(F)F)c1)C(=O)OC. The van der Waals surface area contributed by atoms with Crippen molar-refractivity contribution in [1.29, 1.82) is 0 Å². The first kappa shape index (κ1) is 21.3. The van der Waals surface area contributed by atoms with Crippen molar-refractivity contribution >= 4 is 17.6 Å². The van der Waals surface area contributed by atoms with Gasteiger partial charge >= 0.3 is 18.1 Å². The number of anilines is 1. The average molecular weight is 395 g/mol. The number of alkyl halides is 3. The van der Waals surface area contributed by atoms with Gasteiger partial charge in [0.25, 0.3) is 0 Å². The maximum Gasteiger partial charge on any atom is 0.416 e. The van der Waals surface area contributed by atoms with Crippen LogP contribution in [0.2, 0.25) is 0 Å². The molecule has 1 N–H and O–H groups in total. The zero-order valence-corrected chi connectivity index (χ0v) is 15.3. The van der Waals surface area contributed by atoms with Crippen LogP contribution in [0.25, 0.3) is 0 Å². The summed E-state index contributed by atoms with van der Waals surface area (Å²) in [5.74, 6) is -2.93. The molecule has 0 heterocycles. The number of methoxy groups -OCH3 is 2. The van der Waals surface area contributed by atoms with Crippen LogP contribution in [0.5, 0.6) is 0 Å². The van der Waals surface area contributed by atoms with E-state index in [1.165, 1.54) is 12.1 Å². The summed E-state index contributed by atoms with van der Waals surface area (Å²) in [6.07, 6.45) is -4.66. The fourth-order valence-electron chi connectivity index (χ4n) is 2.75. The number of nitrogens with one attached hydrogen (secondary N) is 1. The van der Waals surface area contributed by atoms with Crippen molar-refractivity contribution in [3.63, 3.8) is 0 Å². The van der Waals surface area contributed by atoms with E-state index in [2.05, 4.69) is 14.8 Å². The zero-order chi connectivity index (χ0) is 20.7. The van der Waals surface area contributed by atoms with Gasteiger partial charge in [0.2, 0.25) is 0 Å². The van der Waals surface area contributed by atoms with Crippen molar-refractivity contribution in [3.8, 4) is 0 Å². The molecule has 0 spiro atoms. The van der Waals surface area contributed by atoms with E-state index in [4.69, 9.17) is 0 Å². The Kier molecular flexibility index (Phi) is 7.03. The molecule has 0 fully saturated rings. The number of carbonyl (C=O) groups is 2. The van der Waals surface area contributed by atoms with Crippen molar-refractivity contribution in [1.82, 2.24) is 0 Å². The third-order valence-electron chi connectivity index (χ3n) is 4.17. The van der Waals surface area contributed by atoms with Crippen LogP contribution < -0.4 is 5.32 Å². The molecule has 0 aliphatic heterocycles. The minimum Gasteiger partial charge on any atom is -0.468 e. The van der Waals surface area contributed by atoms with Crippen LogP contribution in [0, 0.1) is 5.92 Å². The first-order chi connectivity index (χ1) is 13.3. The summed E-state index contributed by atoms with van der Waals surface area (Å²) < 4.78 is 48.7. The lowest BCUT2D eigenvalue weighted by Gasteiger charge is -2.24. The van der Waals surface area contributed by atoms with E-state index in [1.807, 2.05) is 0 Å². The van der Waals surface area contributed by atoms with Crippen molar-refractivity contribution in [3.05, 3.63) is 65.7 Å². The number of ether oxygens (including phenoxy) is 2. The number of para-hydroxylation sites is 1. The second-order valence-corrected chi connectivity index (χ2v) is 6.02. The van der Waals surface area contributed by atoms with Gasteiger partial charge in [0.1, 0.15) is 0 Å². The first-order valence-corrected chi connectivity index (χ1v) is 8.40. The lowest BCUT2D eigenvalue weighted by Crippen LogP contribution is -2.30. The average Bonchev–Trinajstić information content (AvgIpc) is 2.70. The maximum atomic E-state index is 13.1. The fraction of sp³-hybridized carbons (Fsp3) is 0.300. The molecule has 0 bridgehead atoms. The molecule has 0 aromatic heterocycles. The highest BCUT2D eigenvalue weighted by atomic mass is 19.4. The van der Waals surface area contributed by atoms with E-state index in [-0.39, 0.29) is 12.0 Å². The number of carbonyl (C=O) groups excluding carboxylic acids is 2. The highest BCUT2D eigenvalue weighted by Gasteiger charge is 2.34. The van der Waals surface area contributed by atoms with Gasteiger partial charge in [-0.2, -0.15) is 13.2 Å². The van der Waals surface area contributed by atoms with Gasteiger partial charge in [-0.1, -0.05) is 30.3 Å². The number of esters is 2. The summed E-state index contributed by atoms with van der Waals surface area (Å²) >= 11 is 0. The molecule has 0 aliphatic carbocycles. The van der Waals surface area contributed by atoms with E-state index in [1.54, 1.807) is 30.3 Å². The predicted molar refractivity (Wildman–Crippen MR) is 96.4 cm³/mol. The Hall–Kier alpha value is -3.03. The van der Waals surface area contributed by atoms with Crippen molar-refractivity contribution < 1.29 is 32.2 Å². The summed E-state index contributed by atoms with van der Waals surface area (Å²) in [6.45, 7) is 0. The molecule has 0 saturated carbocycles. The fourth-order valence-corrected chi connectivity index (χ4v) is 2.75. The van der Waals surface area contributed by atoms with Crippen LogP contribution in [0.15, 0.2) is 54.6 Å². The first-order valence-electron chi connectivity index (χ1n) is 8.40. The van der Waals surface area contributed by atoms with Gasteiger partial charge in [-0.3, -0.25) is 9.59 Å². The Morgan fingerprint density at radius 1 is 0.964 bits per heavy atom. The summed E-state index contributed by atoms with van der Waals surface area (Å²) in [5, 5.41) is 3.08. The molecule has 2 aromatic carbocycles. The summed E-state index contributed by atoms with van der Waals surface area (Å²) in [6, 6.07) is 12.7. The lowest BCUT2D eigenvalue weighted by molar-refractivity contribution is -0.159. The van der Waals surface area contributed by atoms with Gasteiger partial charge in [0.05, 0.1) is 25.8 Å². The van der Waals surface area contributed by atoms with E-state index in [0.717, 1.165) is 26.4 Å². The normalized spacial score (nSPS) is 12.4. The van der Waals surface area contributed by atoms with Crippen LogP contribution in [-0.2, 0) is 25.2 Å². The molecule has 150 valence electrons. The molecule has 2 aromatic rings. The highest BCUT2D eigenvalue weighted by Crippen LogP contribution is 2.33. The van der Waals surface area contributed by atoms with E-state index >= 15 is 0 Å². The molecule has 0 unspecified atom stereocenters. The maximum absolute atomic E-state index is 13.1. The van der Waals surface area contributed by atoms with E-state index in [0.29, 0.717) is 5.69 Å². The molecule has 2 rings (SSSR count). The number of rotatable bonds is 7. The van der Waals surface area contributed by atoms with Crippen molar-refractivity contribution in [2.75, 3.05) is 19.5 Å². The minimum absolute atomic E-state index is 0.143. The Balaban J connectivity index is 2.42. The smallest absolute Gasteiger partial charge is 0.416 e. The van der Waals surface area contributed by atoms with Crippen LogP contribution in [0.1, 0.15) is 23.6 Å². The van der Waals surface area contributed by atoms with Gasteiger partial charge < -0.3 is 14.8 Å². The molecule has 28 heavy (non-hydrogen) atoms. The third kappa shape index (κ3) is 5.48. The summed E-state index contributed by atoms with van der Waals surface area (Å²) in [5.41, 5.74) is 0.0763. The molecule has 0 radical (unpaired) electrons. The number of hydrogen-bond acceptors (Lipinski definition) is 5. The Bertz CT molecular complexity index is 793. The Morgan fingerprint density at radius 2 is 1.57 bits per heavy atom. The monoisotopic (exact) mass is 395 g/mol. The van der Waals surface area contributed by atoms with Crippen LogP contribution in [-0.4, -0.2) is 26.2 Å². The summed E-state index contributed by atoms with van der Waals surface area (Å²) in [7, 11) is 2.25. The van der Waals surface area contributed by atoms with Crippen LogP contribution in [0.3, 0.4) is 0 Å². The molecule has 8 heteroatoms. The predicted octanol–water partition coefficient (Wildman–Crippen LogP) is 4.21. The number of hydrogen-bond donors (Lipinski definition) is 1. The van der Waals surface area contributed by atoms with Crippen molar-refractivity contribution in [2.24, 2.45) is 5.92 Å². The molecular weight excluding hydrogens is 375 g/mol. The third-order valence-corrected chi connectivity index (χ3v) is 4.17. The van der Waals surface area contributed by atoms with Gasteiger partial charge in [-0.05, 0) is 36.2 Å². The van der Waals surface area contributed by atoms with Crippen LogP contribution >= 0.6 is 0 Å². The Morgan fingerprint density at radius 3 is 2.11 bits per heavy atom. The summed E-state index contributed by atoms with van der Waals surface area (Å²) in [4.78, 5) is 24.1. The standard InChI is InChI=1S/C20H20F3NO4/c1-27-18(25)16(19(26)28-2)12-17(24-15-9-4-3-5-10-15)13-7-6-8-14(11-13)20(21,22)23/h3-11,16-17,24H,12H2,1-2H3/t17-/m0/s1. The zero-order valence-electron chi connectivity index (χ0n) is 15.3. The van der Waals surface area contributed by atoms with Gasteiger partial charge in [-0.25, -0.2) is 0 Å². The number of benzene rings is 2. The minimum atomic E-state index is -4.52. The Labute approximate surface area is 160 Å². The lowest BCUT2D eigenvalue weighted by atomic mass is 9.93. The molecule has 0 amide bonds. The second kappa shape index (κ2) is 9.25. The second-order valence-electron chi connectivity index (χ2n) is 6.02. The quantitative estimate of drug-likeness (QED) is 0.562. The van der Waals surface area contributed by atoms with E-state index in [9.17, 15) is 22.8 Å². The highest BCUT2D eigenvalue weighted by molar-refractivity contribution is 5.94. The molecule has 5 nitrogen and oxygen atoms in total. The van der Waals surface area contributed by atoms with Gasteiger partial charge in [-0.15, -0.1) is 0 Å². The molecule has 1 atom stereocenters. The molecule has 0 saturated heterocycles. The topological polar surface area (TPSA) is 64.6 Å². The molecule has 0 aliphatic rings. The number of halogens is 3. The van der Waals surface area contributed by atoms with Gasteiger partial charge in [0, 0.05) is 5.69 Å².